The number of oxazole rings is 1. The molecule has 0 radical (unpaired) electrons. The smallest absolute Gasteiger partial charge is 0.227 e. The quantitative estimate of drug-likeness (QED) is 0.332. The number of hydrogen-bond acceptors (Lipinski definition) is 5. The van der Waals surface area contributed by atoms with E-state index in [1.165, 1.54) is 11.1 Å². The second-order valence-corrected chi connectivity index (χ2v) is 7.92. The number of aliphatic imine (C=N–C) groups is 1. The minimum atomic E-state index is 0.0586. The number of fused-ring (bicyclic) bond motifs is 1. The highest BCUT2D eigenvalue weighted by molar-refractivity contribution is 9.10. The van der Waals surface area contributed by atoms with Gasteiger partial charge in [-0.05, 0) is 74.4 Å². The zero-order valence-corrected chi connectivity index (χ0v) is 18.5. The highest BCUT2D eigenvalue weighted by Gasteiger charge is 2.11. The molecule has 6 heteroatoms. The molecular formula is C24H21BrN2O3. The molecule has 0 bridgehead atoms. The van der Waals surface area contributed by atoms with E-state index in [1.807, 2.05) is 31.2 Å². The maximum atomic E-state index is 10.4. The second kappa shape index (κ2) is 8.32. The summed E-state index contributed by atoms with van der Waals surface area (Å²) in [7, 11) is 0. The second-order valence-electron chi connectivity index (χ2n) is 7.00. The van der Waals surface area contributed by atoms with Crippen LogP contribution in [0.5, 0.6) is 11.5 Å². The van der Waals surface area contributed by atoms with Gasteiger partial charge >= 0.3 is 0 Å². The third-order valence-corrected chi connectivity index (χ3v) is 5.30. The van der Waals surface area contributed by atoms with E-state index < -0.39 is 0 Å². The molecule has 1 N–H and O–H groups in total. The van der Waals surface area contributed by atoms with Crippen LogP contribution in [0.2, 0.25) is 0 Å². The Kier molecular flexibility index (Phi) is 5.59. The number of hydrogen-bond donors (Lipinski definition) is 1. The summed E-state index contributed by atoms with van der Waals surface area (Å²) < 4.78 is 12.2. The largest absolute Gasteiger partial charge is 0.504 e. The van der Waals surface area contributed by atoms with Crippen molar-refractivity contribution in [3.8, 4) is 23.0 Å². The van der Waals surface area contributed by atoms with Gasteiger partial charge in [0.1, 0.15) is 5.52 Å². The Bertz CT molecular complexity index is 1260. The predicted octanol–water partition coefficient (Wildman–Crippen LogP) is 6.73. The molecule has 0 aliphatic rings. The van der Waals surface area contributed by atoms with E-state index in [0.717, 1.165) is 15.6 Å². The molecule has 3 aromatic carbocycles. The van der Waals surface area contributed by atoms with E-state index in [0.29, 0.717) is 35.1 Å². The monoisotopic (exact) mass is 464 g/mol. The van der Waals surface area contributed by atoms with Crippen molar-refractivity contribution in [2.75, 3.05) is 6.61 Å². The minimum absolute atomic E-state index is 0.0586. The van der Waals surface area contributed by atoms with Crippen LogP contribution in [0.1, 0.15) is 23.6 Å². The van der Waals surface area contributed by atoms with Crippen LogP contribution >= 0.6 is 15.9 Å². The van der Waals surface area contributed by atoms with Gasteiger partial charge in [0.05, 0.1) is 12.3 Å². The number of phenols is 1. The topological polar surface area (TPSA) is 67.9 Å². The summed E-state index contributed by atoms with van der Waals surface area (Å²) in [6.07, 6.45) is 1.61. The molecule has 0 spiro atoms. The average Bonchev–Trinajstić information content (AvgIpc) is 3.15. The van der Waals surface area contributed by atoms with E-state index in [9.17, 15) is 5.11 Å². The molecule has 0 atom stereocenters. The van der Waals surface area contributed by atoms with Crippen molar-refractivity contribution >= 4 is 38.9 Å². The lowest BCUT2D eigenvalue weighted by atomic mass is 10.1. The van der Waals surface area contributed by atoms with Crippen molar-refractivity contribution in [2.45, 2.75) is 20.8 Å². The Morgan fingerprint density at radius 2 is 1.93 bits per heavy atom. The SMILES string of the molecule is CCOc1cc(Br)cc(C=Nc2ccc3oc(-c4ccc(C)c(C)c4)nc3c2)c1O. The van der Waals surface area contributed by atoms with Gasteiger partial charge in [0.25, 0.3) is 0 Å². The number of nitrogens with zero attached hydrogens (tertiary/aromatic N) is 2. The van der Waals surface area contributed by atoms with Crippen LogP contribution in [0, 0.1) is 13.8 Å². The maximum Gasteiger partial charge on any atom is 0.227 e. The lowest BCUT2D eigenvalue weighted by Gasteiger charge is -2.08. The first-order chi connectivity index (χ1) is 14.4. The molecule has 4 aromatic rings. The standard InChI is InChI=1S/C24H21BrN2O3/c1-4-29-22-11-18(25)10-17(23(22)28)13-26-19-7-8-21-20(12-19)27-24(30-21)16-6-5-14(2)15(3)9-16/h5-13,28H,4H2,1-3H3. The van der Waals surface area contributed by atoms with E-state index in [1.54, 1.807) is 18.3 Å². The molecular weight excluding hydrogens is 444 g/mol. The van der Waals surface area contributed by atoms with Crippen LogP contribution in [0.15, 0.2) is 62.4 Å². The molecule has 30 heavy (non-hydrogen) atoms. The highest BCUT2D eigenvalue weighted by atomic mass is 79.9. The predicted molar refractivity (Wildman–Crippen MR) is 123 cm³/mol. The molecule has 0 unspecified atom stereocenters. The Balaban J connectivity index is 1.65. The third-order valence-electron chi connectivity index (χ3n) is 4.85. The lowest BCUT2D eigenvalue weighted by molar-refractivity contribution is 0.317. The average molecular weight is 465 g/mol. The number of aromatic hydroxyl groups is 1. The van der Waals surface area contributed by atoms with Crippen LogP contribution in [0.3, 0.4) is 0 Å². The molecule has 0 saturated carbocycles. The van der Waals surface area contributed by atoms with Gasteiger partial charge in [0.2, 0.25) is 5.89 Å². The Morgan fingerprint density at radius 1 is 1.10 bits per heavy atom. The van der Waals surface area contributed by atoms with Gasteiger partial charge < -0.3 is 14.3 Å². The van der Waals surface area contributed by atoms with Crippen molar-refractivity contribution in [3.05, 3.63) is 69.7 Å². The zero-order valence-electron chi connectivity index (χ0n) is 16.9. The molecule has 1 aromatic heterocycles. The van der Waals surface area contributed by atoms with Gasteiger partial charge in [0, 0.05) is 21.8 Å². The normalized spacial score (nSPS) is 11.5. The van der Waals surface area contributed by atoms with Gasteiger partial charge in [-0.1, -0.05) is 22.0 Å². The molecule has 4 rings (SSSR count). The molecule has 0 aliphatic carbocycles. The van der Waals surface area contributed by atoms with Gasteiger partial charge in [-0.2, -0.15) is 0 Å². The molecule has 0 saturated heterocycles. The van der Waals surface area contributed by atoms with Crippen LogP contribution in [0.4, 0.5) is 5.69 Å². The number of rotatable bonds is 5. The molecule has 0 fully saturated rings. The van der Waals surface area contributed by atoms with E-state index in [2.05, 4.69) is 51.9 Å². The van der Waals surface area contributed by atoms with E-state index >= 15 is 0 Å². The minimum Gasteiger partial charge on any atom is -0.504 e. The molecule has 0 amide bonds. The first kappa shape index (κ1) is 20.2. The van der Waals surface area contributed by atoms with Crippen LogP contribution in [0.25, 0.3) is 22.6 Å². The summed E-state index contributed by atoms with van der Waals surface area (Å²) in [6, 6.07) is 15.2. The summed E-state index contributed by atoms with van der Waals surface area (Å²) in [5.41, 5.74) is 6.07. The fraction of sp³-hybridized carbons (Fsp3) is 0.167. The molecule has 152 valence electrons. The van der Waals surface area contributed by atoms with Crippen LogP contribution in [-0.4, -0.2) is 22.9 Å². The first-order valence-corrected chi connectivity index (χ1v) is 10.4. The number of halogens is 1. The number of ether oxygens (including phenoxy) is 1. The van der Waals surface area contributed by atoms with Crippen molar-refractivity contribution in [3.63, 3.8) is 0 Å². The highest BCUT2D eigenvalue weighted by Crippen LogP contribution is 2.34. The Hall–Kier alpha value is -3.12. The van der Waals surface area contributed by atoms with Crippen LogP contribution < -0.4 is 4.74 Å². The fourth-order valence-electron chi connectivity index (χ4n) is 3.10. The van der Waals surface area contributed by atoms with Crippen LogP contribution in [-0.2, 0) is 0 Å². The van der Waals surface area contributed by atoms with Crippen molar-refractivity contribution in [1.29, 1.82) is 0 Å². The maximum absolute atomic E-state index is 10.4. The van der Waals surface area contributed by atoms with Crippen molar-refractivity contribution in [2.24, 2.45) is 4.99 Å². The van der Waals surface area contributed by atoms with Gasteiger partial charge in [-0.15, -0.1) is 0 Å². The molecule has 5 nitrogen and oxygen atoms in total. The summed E-state index contributed by atoms with van der Waals surface area (Å²) in [6.45, 7) is 6.48. The van der Waals surface area contributed by atoms with Gasteiger partial charge in [-0.25, -0.2) is 4.98 Å². The lowest BCUT2D eigenvalue weighted by Crippen LogP contribution is -1.94. The fourth-order valence-corrected chi connectivity index (χ4v) is 3.55. The van der Waals surface area contributed by atoms with Gasteiger partial charge in [-0.3, -0.25) is 4.99 Å². The number of aryl methyl sites for hydroxylation is 2. The summed E-state index contributed by atoms with van der Waals surface area (Å²) in [4.78, 5) is 9.12. The third kappa shape index (κ3) is 4.09. The number of phenolic OH excluding ortho intramolecular Hbond substituents is 1. The van der Waals surface area contributed by atoms with E-state index in [4.69, 9.17) is 9.15 Å². The van der Waals surface area contributed by atoms with Gasteiger partial charge in [0.15, 0.2) is 17.1 Å². The number of aromatic nitrogens is 1. The molecule has 1 heterocycles. The van der Waals surface area contributed by atoms with Crippen molar-refractivity contribution in [1.82, 2.24) is 4.98 Å². The zero-order chi connectivity index (χ0) is 21.3. The van der Waals surface area contributed by atoms with Crippen molar-refractivity contribution < 1.29 is 14.3 Å². The number of benzene rings is 3. The summed E-state index contributed by atoms with van der Waals surface area (Å²) >= 11 is 3.44. The summed E-state index contributed by atoms with van der Waals surface area (Å²) in [5, 5.41) is 10.4. The van der Waals surface area contributed by atoms with E-state index in [-0.39, 0.29) is 5.75 Å². The molecule has 0 aliphatic heterocycles. The Morgan fingerprint density at radius 3 is 2.70 bits per heavy atom. The Labute approximate surface area is 183 Å². The summed E-state index contributed by atoms with van der Waals surface area (Å²) in [5.74, 6) is 1.06. The first-order valence-electron chi connectivity index (χ1n) is 9.62.